The van der Waals surface area contributed by atoms with Crippen LogP contribution in [0.1, 0.15) is 63.0 Å². The van der Waals surface area contributed by atoms with E-state index in [1.807, 2.05) is 25.1 Å². The molecule has 1 saturated carbocycles. The van der Waals surface area contributed by atoms with Crippen LogP contribution in [0, 0.1) is 18.7 Å². The number of nitrogens with zero attached hydrogens (tertiary/aromatic N) is 2. The van der Waals surface area contributed by atoms with Crippen LogP contribution in [-0.2, 0) is 0 Å². The standard InChI is InChI=1S/C25H30FN3O/c1-16(2)19-9-10-22(21(26)12-19)29-25-20-11-17(3)24(13-23(20)27-15-28-25)30-14-18-7-5-4-6-8-18/h9-13,15-16,18H,4-8,14H2,1-3H3,(H,27,28,29). The van der Waals surface area contributed by atoms with Gasteiger partial charge in [0.1, 0.15) is 23.7 Å². The van der Waals surface area contributed by atoms with Crippen molar-refractivity contribution in [2.45, 2.75) is 58.8 Å². The molecule has 1 aliphatic carbocycles. The summed E-state index contributed by atoms with van der Waals surface area (Å²) in [4.78, 5) is 8.78. The number of halogens is 1. The molecule has 4 nitrogen and oxygen atoms in total. The number of fused-ring (bicyclic) bond motifs is 1. The monoisotopic (exact) mass is 407 g/mol. The van der Waals surface area contributed by atoms with Crippen LogP contribution in [0.4, 0.5) is 15.9 Å². The minimum atomic E-state index is -0.280. The number of nitrogens with one attached hydrogen (secondary N) is 1. The molecule has 0 aliphatic heterocycles. The van der Waals surface area contributed by atoms with Gasteiger partial charge in [-0.1, -0.05) is 39.2 Å². The van der Waals surface area contributed by atoms with Crippen LogP contribution in [0.3, 0.4) is 0 Å². The molecule has 2 aromatic carbocycles. The first-order chi connectivity index (χ1) is 14.5. The fraction of sp³-hybridized carbons (Fsp3) is 0.440. The predicted molar refractivity (Wildman–Crippen MR) is 120 cm³/mol. The summed E-state index contributed by atoms with van der Waals surface area (Å²) >= 11 is 0. The lowest BCUT2D eigenvalue weighted by molar-refractivity contribution is 0.208. The van der Waals surface area contributed by atoms with Crippen molar-refractivity contribution >= 4 is 22.4 Å². The van der Waals surface area contributed by atoms with E-state index in [0.717, 1.165) is 34.4 Å². The molecule has 0 unspecified atom stereocenters. The lowest BCUT2D eigenvalue weighted by atomic mass is 9.90. The molecule has 5 heteroatoms. The Morgan fingerprint density at radius 2 is 1.90 bits per heavy atom. The summed E-state index contributed by atoms with van der Waals surface area (Å²) in [7, 11) is 0. The fourth-order valence-corrected chi connectivity index (χ4v) is 4.13. The van der Waals surface area contributed by atoms with E-state index in [4.69, 9.17) is 4.74 Å². The molecule has 0 bridgehead atoms. The largest absolute Gasteiger partial charge is 0.493 e. The van der Waals surface area contributed by atoms with Crippen LogP contribution < -0.4 is 10.1 Å². The summed E-state index contributed by atoms with van der Waals surface area (Å²) in [6.45, 7) is 6.90. The Morgan fingerprint density at radius 1 is 1.10 bits per heavy atom. The Labute approximate surface area is 177 Å². The second-order valence-electron chi connectivity index (χ2n) is 8.69. The van der Waals surface area contributed by atoms with Gasteiger partial charge in [-0.2, -0.15) is 0 Å². The van der Waals surface area contributed by atoms with Gasteiger partial charge in [0.25, 0.3) is 0 Å². The maximum absolute atomic E-state index is 14.6. The first kappa shape index (κ1) is 20.6. The van der Waals surface area contributed by atoms with E-state index < -0.39 is 0 Å². The number of hydrogen-bond acceptors (Lipinski definition) is 4. The number of ether oxygens (including phenoxy) is 1. The van der Waals surface area contributed by atoms with E-state index in [1.165, 1.54) is 38.4 Å². The lowest BCUT2D eigenvalue weighted by Gasteiger charge is -2.22. The van der Waals surface area contributed by atoms with Crippen molar-refractivity contribution in [3.63, 3.8) is 0 Å². The first-order valence-corrected chi connectivity index (χ1v) is 11.0. The van der Waals surface area contributed by atoms with E-state index in [-0.39, 0.29) is 11.7 Å². The highest BCUT2D eigenvalue weighted by molar-refractivity contribution is 5.92. The highest BCUT2D eigenvalue weighted by Crippen LogP contribution is 2.32. The first-order valence-electron chi connectivity index (χ1n) is 11.0. The van der Waals surface area contributed by atoms with E-state index in [0.29, 0.717) is 17.4 Å². The van der Waals surface area contributed by atoms with Crippen LogP contribution >= 0.6 is 0 Å². The highest BCUT2D eigenvalue weighted by atomic mass is 19.1. The van der Waals surface area contributed by atoms with Gasteiger partial charge in [0.2, 0.25) is 0 Å². The van der Waals surface area contributed by atoms with E-state index in [9.17, 15) is 4.39 Å². The number of rotatable bonds is 6. The molecule has 1 aromatic heterocycles. The van der Waals surface area contributed by atoms with Gasteiger partial charge >= 0.3 is 0 Å². The van der Waals surface area contributed by atoms with E-state index >= 15 is 0 Å². The van der Waals surface area contributed by atoms with Crippen molar-refractivity contribution in [2.24, 2.45) is 5.92 Å². The third-order valence-corrected chi connectivity index (χ3v) is 6.04. The molecule has 0 atom stereocenters. The smallest absolute Gasteiger partial charge is 0.146 e. The van der Waals surface area contributed by atoms with Crippen LogP contribution in [0.15, 0.2) is 36.7 Å². The molecule has 1 heterocycles. The van der Waals surface area contributed by atoms with Crippen molar-refractivity contribution in [3.8, 4) is 5.75 Å². The van der Waals surface area contributed by atoms with Crippen LogP contribution in [0.5, 0.6) is 5.75 Å². The van der Waals surface area contributed by atoms with Crippen LogP contribution in [0.25, 0.3) is 10.9 Å². The molecule has 158 valence electrons. The molecule has 0 saturated heterocycles. The van der Waals surface area contributed by atoms with Gasteiger partial charge in [-0.05, 0) is 60.9 Å². The van der Waals surface area contributed by atoms with Gasteiger partial charge < -0.3 is 10.1 Å². The van der Waals surface area contributed by atoms with Crippen molar-refractivity contribution in [2.75, 3.05) is 11.9 Å². The maximum atomic E-state index is 14.6. The summed E-state index contributed by atoms with van der Waals surface area (Å²) in [5.74, 6) is 2.11. The van der Waals surface area contributed by atoms with Gasteiger partial charge in [0.15, 0.2) is 0 Å². The summed E-state index contributed by atoms with van der Waals surface area (Å²) < 4.78 is 20.7. The molecular weight excluding hydrogens is 377 g/mol. The number of anilines is 2. The quantitative estimate of drug-likeness (QED) is 0.482. The minimum Gasteiger partial charge on any atom is -0.493 e. The second-order valence-corrected chi connectivity index (χ2v) is 8.69. The molecule has 1 fully saturated rings. The van der Waals surface area contributed by atoms with Crippen molar-refractivity contribution in [1.29, 1.82) is 0 Å². The highest BCUT2D eigenvalue weighted by Gasteiger charge is 2.16. The minimum absolute atomic E-state index is 0.280. The molecule has 30 heavy (non-hydrogen) atoms. The van der Waals surface area contributed by atoms with Crippen LogP contribution in [0.2, 0.25) is 0 Å². The SMILES string of the molecule is Cc1cc2c(Nc3ccc(C(C)C)cc3F)ncnc2cc1OCC1CCCCC1. The number of hydrogen-bond donors (Lipinski definition) is 1. The molecule has 4 rings (SSSR count). The average molecular weight is 408 g/mol. The zero-order valence-electron chi connectivity index (χ0n) is 18.0. The van der Waals surface area contributed by atoms with E-state index in [2.05, 4.69) is 29.1 Å². The fourth-order valence-electron chi connectivity index (χ4n) is 4.13. The van der Waals surface area contributed by atoms with Gasteiger partial charge in [-0.15, -0.1) is 0 Å². The summed E-state index contributed by atoms with van der Waals surface area (Å²) in [5, 5.41) is 4.00. The Kier molecular flexibility index (Phi) is 6.16. The molecule has 0 spiro atoms. The van der Waals surface area contributed by atoms with Crippen molar-refractivity contribution in [3.05, 3.63) is 53.6 Å². The van der Waals surface area contributed by atoms with Crippen molar-refractivity contribution < 1.29 is 9.13 Å². The summed E-state index contributed by atoms with van der Waals surface area (Å²) in [6, 6.07) is 9.29. The van der Waals surface area contributed by atoms with Crippen molar-refractivity contribution in [1.82, 2.24) is 9.97 Å². The molecule has 1 N–H and O–H groups in total. The number of benzene rings is 2. The molecule has 1 aliphatic rings. The third kappa shape index (κ3) is 4.55. The van der Waals surface area contributed by atoms with E-state index in [1.54, 1.807) is 12.1 Å². The number of aryl methyl sites for hydroxylation is 1. The molecule has 0 amide bonds. The predicted octanol–water partition coefficient (Wildman–Crippen LogP) is 6.90. The van der Waals surface area contributed by atoms with Gasteiger partial charge in [-0.3, -0.25) is 0 Å². The zero-order valence-corrected chi connectivity index (χ0v) is 18.0. The van der Waals surface area contributed by atoms with Gasteiger partial charge in [-0.25, -0.2) is 14.4 Å². The lowest BCUT2D eigenvalue weighted by Crippen LogP contribution is -2.15. The summed E-state index contributed by atoms with van der Waals surface area (Å²) in [5.41, 5.74) is 3.21. The topological polar surface area (TPSA) is 47.0 Å². The van der Waals surface area contributed by atoms with Crippen LogP contribution in [-0.4, -0.2) is 16.6 Å². The average Bonchev–Trinajstić information content (AvgIpc) is 2.74. The Morgan fingerprint density at radius 3 is 2.63 bits per heavy atom. The normalized spacial score (nSPS) is 15.0. The molecule has 3 aromatic rings. The second kappa shape index (κ2) is 8.99. The Bertz CT molecular complexity index is 1030. The van der Waals surface area contributed by atoms with Gasteiger partial charge in [0.05, 0.1) is 17.8 Å². The molecule has 0 radical (unpaired) electrons. The third-order valence-electron chi connectivity index (χ3n) is 6.04. The molecular formula is C25H30FN3O. The zero-order chi connectivity index (χ0) is 21.1. The van der Waals surface area contributed by atoms with Gasteiger partial charge in [0, 0.05) is 11.5 Å². The maximum Gasteiger partial charge on any atom is 0.146 e. The summed E-state index contributed by atoms with van der Waals surface area (Å²) in [6.07, 6.45) is 7.97. The Balaban J connectivity index is 1.57. The Hall–Kier alpha value is -2.69. The number of aromatic nitrogens is 2.